The molecule has 0 aliphatic carbocycles. The van der Waals surface area contributed by atoms with E-state index in [1.807, 2.05) is 19.1 Å². The van der Waals surface area contributed by atoms with Crippen molar-refractivity contribution >= 4 is 5.96 Å². The van der Waals surface area contributed by atoms with Crippen LogP contribution in [0, 0.1) is 0 Å². The standard InChI is InChI=1S/C18H31N3O2/c1-6-23-12-8-11-20-17(19-4)21-14-18(2,3)15-9-7-10-16(13-15)22-5/h7,9-10,13H,6,8,11-12,14H2,1-5H3,(H2,19,20,21). The molecule has 1 rings (SSSR count). The van der Waals surface area contributed by atoms with E-state index in [1.165, 1.54) is 5.56 Å². The summed E-state index contributed by atoms with van der Waals surface area (Å²) < 4.78 is 10.6. The number of nitrogens with zero attached hydrogens (tertiary/aromatic N) is 1. The molecule has 0 aliphatic rings. The second-order valence-corrected chi connectivity index (χ2v) is 6.02. The van der Waals surface area contributed by atoms with E-state index < -0.39 is 0 Å². The van der Waals surface area contributed by atoms with Crippen molar-refractivity contribution in [2.75, 3.05) is 40.5 Å². The molecule has 0 saturated heterocycles. The van der Waals surface area contributed by atoms with Crippen molar-refractivity contribution in [2.24, 2.45) is 4.99 Å². The SMILES string of the molecule is CCOCCCNC(=NC)NCC(C)(C)c1cccc(OC)c1. The number of guanidine groups is 1. The van der Waals surface area contributed by atoms with Crippen LogP contribution >= 0.6 is 0 Å². The van der Waals surface area contributed by atoms with Crippen LogP contribution in [-0.4, -0.2) is 46.4 Å². The number of hydrogen-bond acceptors (Lipinski definition) is 3. The Balaban J connectivity index is 2.49. The highest BCUT2D eigenvalue weighted by atomic mass is 16.5. The lowest BCUT2D eigenvalue weighted by Gasteiger charge is -2.27. The van der Waals surface area contributed by atoms with Crippen molar-refractivity contribution in [1.82, 2.24) is 10.6 Å². The number of benzene rings is 1. The molecule has 2 N–H and O–H groups in total. The van der Waals surface area contributed by atoms with Gasteiger partial charge >= 0.3 is 0 Å². The minimum Gasteiger partial charge on any atom is -0.497 e. The van der Waals surface area contributed by atoms with Gasteiger partial charge in [-0.3, -0.25) is 4.99 Å². The van der Waals surface area contributed by atoms with E-state index in [9.17, 15) is 0 Å². The molecule has 0 heterocycles. The second-order valence-electron chi connectivity index (χ2n) is 6.02. The molecule has 0 radical (unpaired) electrons. The average molecular weight is 321 g/mol. The monoisotopic (exact) mass is 321 g/mol. The van der Waals surface area contributed by atoms with E-state index in [0.29, 0.717) is 0 Å². The van der Waals surface area contributed by atoms with E-state index in [-0.39, 0.29) is 5.41 Å². The number of hydrogen-bond donors (Lipinski definition) is 2. The highest BCUT2D eigenvalue weighted by Crippen LogP contribution is 2.25. The number of ether oxygens (including phenoxy) is 2. The van der Waals surface area contributed by atoms with Gasteiger partial charge < -0.3 is 20.1 Å². The maximum absolute atomic E-state index is 5.33. The molecule has 130 valence electrons. The first-order chi connectivity index (χ1) is 11.0. The zero-order valence-electron chi connectivity index (χ0n) is 15.1. The predicted octanol–water partition coefficient (Wildman–Crippen LogP) is 2.56. The Hall–Kier alpha value is -1.75. The first kappa shape index (κ1) is 19.3. The molecule has 0 saturated carbocycles. The maximum atomic E-state index is 5.33. The molecule has 0 atom stereocenters. The molecule has 5 nitrogen and oxygen atoms in total. The van der Waals surface area contributed by atoms with Gasteiger partial charge in [-0.15, -0.1) is 0 Å². The van der Waals surface area contributed by atoms with Crippen molar-refractivity contribution < 1.29 is 9.47 Å². The molecule has 0 spiro atoms. The fraction of sp³-hybridized carbons (Fsp3) is 0.611. The van der Waals surface area contributed by atoms with Gasteiger partial charge in [-0.1, -0.05) is 26.0 Å². The Kier molecular flexibility index (Phi) is 8.48. The Bertz CT molecular complexity index is 487. The molecule has 23 heavy (non-hydrogen) atoms. The summed E-state index contributed by atoms with van der Waals surface area (Å²) in [4.78, 5) is 4.27. The van der Waals surface area contributed by atoms with E-state index in [2.05, 4.69) is 41.6 Å². The summed E-state index contributed by atoms with van der Waals surface area (Å²) in [5, 5.41) is 6.70. The lowest BCUT2D eigenvalue weighted by Crippen LogP contribution is -2.43. The summed E-state index contributed by atoms with van der Waals surface area (Å²) in [5.74, 6) is 1.70. The highest BCUT2D eigenvalue weighted by molar-refractivity contribution is 5.79. The summed E-state index contributed by atoms with van der Waals surface area (Å²) in [5.41, 5.74) is 1.20. The first-order valence-electron chi connectivity index (χ1n) is 8.20. The summed E-state index contributed by atoms with van der Waals surface area (Å²) in [7, 11) is 3.48. The zero-order chi connectivity index (χ0) is 17.1. The van der Waals surface area contributed by atoms with Crippen LogP contribution in [-0.2, 0) is 10.2 Å². The quantitative estimate of drug-likeness (QED) is 0.417. The van der Waals surface area contributed by atoms with Gasteiger partial charge in [0.05, 0.1) is 7.11 Å². The van der Waals surface area contributed by atoms with Gasteiger partial charge in [0.2, 0.25) is 0 Å². The number of methoxy groups -OCH3 is 1. The third-order valence-corrected chi connectivity index (χ3v) is 3.73. The minimum atomic E-state index is -0.0303. The fourth-order valence-electron chi connectivity index (χ4n) is 2.20. The molecule has 0 amide bonds. The first-order valence-corrected chi connectivity index (χ1v) is 8.20. The molecule has 1 aromatic carbocycles. The van der Waals surface area contributed by atoms with Gasteiger partial charge in [-0.25, -0.2) is 0 Å². The van der Waals surface area contributed by atoms with Crippen LogP contribution in [0.15, 0.2) is 29.3 Å². The minimum absolute atomic E-state index is 0.0303. The zero-order valence-corrected chi connectivity index (χ0v) is 15.1. The summed E-state index contributed by atoms with van der Waals surface area (Å²) in [6.45, 7) is 9.59. The molecule has 0 fully saturated rings. The van der Waals surface area contributed by atoms with E-state index in [1.54, 1.807) is 14.2 Å². The van der Waals surface area contributed by atoms with Crippen molar-refractivity contribution in [3.05, 3.63) is 29.8 Å². The number of nitrogens with one attached hydrogen (secondary N) is 2. The van der Waals surface area contributed by atoms with E-state index in [4.69, 9.17) is 9.47 Å². The smallest absolute Gasteiger partial charge is 0.191 e. The lowest BCUT2D eigenvalue weighted by atomic mass is 9.84. The molecule has 5 heteroatoms. The van der Waals surface area contributed by atoms with Gasteiger partial charge in [-0.2, -0.15) is 0 Å². The molecule has 0 unspecified atom stereocenters. The van der Waals surface area contributed by atoms with Gasteiger partial charge in [0.15, 0.2) is 5.96 Å². The molecule has 0 aromatic heterocycles. The van der Waals surface area contributed by atoms with Crippen LogP contribution < -0.4 is 15.4 Å². The molecular formula is C18H31N3O2. The van der Waals surface area contributed by atoms with Crippen molar-refractivity contribution in [2.45, 2.75) is 32.6 Å². The molecule has 0 aliphatic heterocycles. The topological polar surface area (TPSA) is 54.9 Å². The van der Waals surface area contributed by atoms with Gasteiger partial charge in [-0.05, 0) is 31.0 Å². The summed E-state index contributed by atoms with van der Waals surface area (Å²) >= 11 is 0. The summed E-state index contributed by atoms with van der Waals surface area (Å²) in [6, 6.07) is 8.20. The van der Waals surface area contributed by atoms with Crippen LogP contribution in [0.2, 0.25) is 0 Å². The lowest BCUT2D eigenvalue weighted by molar-refractivity contribution is 0.145. The molecule has 0 bridgehead atoms. The van der Waals surface area contributed by atoms with Crippen LogP contribution in [0.25, 0.3) is 0 Å². The van der Waals surface area contributed by atoms with Crippen LogP contribution in [0.1, 0.15) is 32.8 Å². The Morgan fingerprint density at radius 3 is 2.70 bits per heavy atom. The molecule has 1 aromatic rings. The third-order valence-electron chi connectivity index (χ3n) is 3.73. The molecular weight excluding hydrogens is 290 g/mol. The number of rotatable bonds is 9. The van der Waals surface area contributed by atoms with Gasteiger partial charge in [0, 0.05) is 38.8 Å². The Morgan fingerprint density at radius 1 is 1.26 bits per heavy atom. The van der Waals surface area contributed by atoms with Crippen molar-refractivity contribution in [3.63, 3.8) is 0 Å². The van der Waals surface area contributed by atoms with Crippen molar-refractivity contribution in [1.29, 1.82) is 0 Å². The third kappa shape index (κ3) is 6.91. The Labute approximate surface area is 140 Å². The summed E-state index contributed by atoms with van der Waals surface area (Å²) in [6.07, 6.45) is 0.966. The fourth-order valence-corrected chi connectivity index (χ4v) is 2.20. The van der Waals surface area contributed by atoms with Gasteiger partial charge in [0.1, 0.15) is 5.75 Å². The second kappa shape index (κ2) is 10.1. The average Bonchev–Trinajstić information content (AvgIpc) is 2.57. The van der Waals surface area contributed by atoms with Crippen molar-refractivity contribution in [3.8, 4) is 5.75 Å². The highest BCUT2D eigenvalue weighted by Gasteiger charge is 2.21. The number of aliphatic imine (C=N–C) groups is 1. The van der Waals surface area contributed by atoms with E-state index >= 15 is 0 Å². The maximum Gasteiger partial charge on any atom is 0.191 e. The van der Waals surface area contributed by atoms with Crippen LogP contribution in [0.4, 0.5) is 0 Å². The van der Waals surface area contributed by atoms with Crippen LogP contribution in [0.3, 0.4) is 0 Å². The van der Waals surface area contributed by atoms with Gasteiger partial charge in [0.25, 0.3) is 0 Å². The Morgan fingerprint density at radius 2 is 2.04 bits per heavy atom. The van der Waals surface area contributed by atoms with Crippen LogP contribution in [0.5, 0.6) is 5.75 Å². The largest absolute Gasteiger partial charge is 0.497 e. The predicted molar refractivity (Wildman–Crippen MR) is 96.5 cm³/mol. The normalized spacial score (nSPS) is 12.1. The van der Waals surface area contributed by atoms with E-state index in [0.717, 1.165) is 44.4 Å².